The minimum atomic E-state index is -0.766. The first-order valence-electron chi connectivity index (χ1n) is 7.08. The van der Waals surface area contributed by atoms with Crippen molar-refractivity contribution in [1.29, 1.82) is 0 Å². The summed E-state index contributed by atoms with van der Waals surface area (Å²) in [5, 5.41) is 29.0. The predicted molar refractivity (Wildman–Crippen MR) is 87.4 cm³/mol. The number of aliphatic hydroxyl groups excluding tert-OH is 1. The van der Waals surface area contributed by atoms with Gasteiger partial charge in [-0.25, -0.2) is 0 Å². The van der Waals surface area contributed by atoms with Crippen LogP contribution in [0.25, 0.3) is 21.5 Å². The number of benzene rings is 2. The Kier molecular flexibility index (Phi) is 3.56. The summed E-state index contributed by atoms with van der Waals surface area (Å²) in [6.45, 7) is 3.14. The highest BCUT2D eigenvalue weighted by Crippen LogP contribution is 2.39. The molecule has 0 unspecified atom stereocenters. The first kappa shape index (κ1) is 15.7. The van der Waals surface area contributed by atoms with Crippen LogP contribution in [0.2, 0.25) is 0 Å². The van der Waals surface area contributed by atoms with Crippen LogP contribution in [0.4, 0.5) is 0 Å². The summed E-state index contributed by atoms with van der Waals surface area (Å²) in [7, 11) is 0. The molecule has 0 bridgehead atoms. The number of aryl methyl sites for hydroxylation is 1. The van der Waals surface area contributed by atoms with Gasteiger partial charge in [-0.05, 0) is 31.6 Å². The summed E-state index contributed by atoms with van der Waals surface area (Å²) in [4.78, 5) is 24.5. The van der Waals surface area contributed by atoms with Crippen molar-refractivity contribution in [1.82, 2.24) is 0 Å². The fourth-order valence-electron chi connectivity index (χ4n) is 2.72. The van der Waals surface area contributed by atoms with Crippen molar-refractivity contribution in [3.05, 3.63) is 50.0 Å². The van der Waals surface area contributed by atoms with Gasteiger partial charge >= 0.3 is 0 Å². The average Bonchev–Trinajstić information content (AvgIpc) is 2.45. The van der Waals surface area contributed by atoms with E-state index in [4.69, 9.17) is 9.15 Å². The van der Waals surface area contributed by atoms with E-state index in [2.05, 4.69) is 0 Å². The van der Waals surface area contributed by atoms with Crippen LogP contribution in [0.3, 0.4) is 0 Å². The van der Waals surface area contributed by atoms with Gasteiger partial charge in [-0.3, -0.25) is 9.59 Å². The van der Waals surface area contributed by atoms with Crippen LogP contribution in [0.15, 0.2) is 38.0 Å². The number of ether oxygens (including phenoxy) is 1. The van der Waals surface area contributed by atoms with Gasteiger partial charge in [0.1, 0.15) is 23.1 Å². The van der Waals surface area contributed by atoms with E-state index >= 15 is 0 Å². The first-order valence-corrected chi connectivity index (χ1v) is 7.08. The van der Waals surface area contributed by atoms with E-state index in [1.54, 1.807) is 6.92 Å². The fourth-order valence-corrected chi connectivity index (χ4v) is 2.72. The second-order valence-corrected chi connectivity index (χ2v) is 5.43. The second kappa shape index (κ2) is 5.45. The third kappa shape index (κ3) is 2.30. The van der Waals surface area contributed by atoms with E-state index in [1.807, 2.05) is 0 Å². The quantitative estimate of drug-likeness (QED) is 0.631. The molecule has 0 atom stereocenters. The van der Waals surface area contributed by atoms with Gasteiger partial charge in [-0.1, -0.05) is 0 Å². The fraction of sp³-hybridized carbons (Fsp3) is 0.176. The number of rotatable bonds is 3. The van der Waals surface area contributed by atoms with Gasteiger partial charge < -0.3 is 24.5 Å². The Morgan fingerprint density at radius 3 is 2.25 bits per heavy atom. The van der Waals surface area contributed by atoms with Crippen molar-refractivity contribution in [2.24, 2.45) is 0 Å². The van der Waals surface area contributed by atoms with Gasteiger partial charge in [0.2, 0.25) is 0 Å². The summed E-state index contributed by atoms with van der Waals surface area (Å²) in [5.41, 5.74) is -0.630. The molecule has 3 rings (SSSR count). The molecule has 124 valence electrons. The van der Waals surface area contributed by atoms with E-state index in [0.717, 1.165) is 0 Å². The molecule has 0 aliphatic heterocycles. The smallest absolute Gasteiger partial charge is 0.296 e. The van der Waals surface area contributed by atoms with Gasteiger partial charge in [0.15, 0.2) is 10.9 Å². The number of hydrogen-bond donors (Lipinski definition) is 3. The minimum Gasteiger partial charge on any atom is -0.513 e. The van der Waals surface area contributed by atoms with Crippen LogP contribution in [0, 0.1) is 6.92 Å². The van der Waals surface area contributed by atoms with Crippen molar-refractivity contribution in [3.8, 4) is 17.6 Å². The highest BCUT2D eigenvalue weighted by atomic mass is 16.5. The SMILES string of the molecule is C/C(O)=C\COc1cc(=O)c2c(O)oc(O)c3c(=O)cc(C)c1c32. The lowest BCUT2D eigenvalue weighted by atomic mass is 9.97. The van der Waals surface area contributed by atoms with E-state index in [-0.39, 0.29) is 34.3 Å². The van der Waals surface area contributed by atoms with Crippen molar-refractivity contribution in [2.45, 2.75) is 13.8 Å². The van der Waals surface area contributed by atoms with Crippen LogP contribution in [0.5, 0.6) is 17.6 Å². The van der Waals surface area contributed by atoms with E-state index in [1.165, 1.54) is 25.1 Å². The van der Waals surface area contributed by atoms with Crippen LogP contribution >= 0.6 is 0 Å². The van der Waals surface area contributed by atoms with E-state index in [0.29, 0.717) is 10.9 Å². The number of aromatic hydroxyl groups is 2. The van der Waals surface area contributed by atoms with Crippen molar-refractivity contribution >= 4 is 21.5 Å². The van der Waals surface area contributed by atoms with Gasteiger partial charge in [0, 0.05) is 16.8 Å². The monoisotopic (exact) mass is 330 g/mol. The highest BCUT2D eigenvalue weighted by Gasteiger charge is 2.22. The topological polar surface area (TPSA) is 117 Å². The molecule has 24 heavy (non-hydrogen) atoms. The average molecular weight is 330 g/mol. The molecule has 1 aromatic heterocycles. The molecule has 0 radical (unpaired) electrons. The predicted octanol–water partition coefficient (Wildman–Crippen LogP) is 2.30. The maximum absolute atomic E-state index is 12.3. The minimum absolute atomic E-state index is 0.00596. The van der Waals surface area contributed by atoms with Gasteiger partial charge in [-0.2, -0.15) is 0 Å². The maximum Gasteiger partial charge on any atom is 0.296 e. The molecule has 0 saturated carbocycles. The molecule has 0 spiro atoms. The maximum atomic E-state index is 12.3. The Balaban J connectivity index is 2.46. The zero-order chi connectivity index (χ0) is 17.6. The molecule has 0 fully saturated rings. The van der Waals surface area contributed by atoms with Crippen molar-refractivity contribution < 1.29 is 24.5 Å². The summed E-state index contributed by atoms with van der Waals surface area (Å²) >= 11 is 0. The summed E-state index contributed by atoms with van der Waals surface area (Å²) in [6, 6.07) is 2.45. The summed E-state index contributed by atoms with van der Waals surface area (Å²) in [5.74, 6) is -1.29. The normalized spacial score (nSPS) is 12.2. The van der Waals surface area contributed by atoms with Gasteiger partial charge in [0.05, 0.1) is 5.76 Å². The molecule has 0 aliphatic rings. The van der Waals surface area contributed by atoms with Crippen LogP contribution < -0.4 is 15.6 Å². The van der Waals surface area contributed by atoms with Crippen LogP contribution in [-0.4, -0.2) is 21.9 Å². The van der Waals surface area contributed by atoms with Crippen LogP contribution in [0.1, 0.15) is 12.5 Å². The Labute approximate surface area is 135 Å². The van der Waals surface area contributed by atoms with Crippen LogP contribution in [-0.2, 0) is 0 Å². The first-order chi connectivity index (χ1) is 11.3. The highest BCUT2D eigenvalue weighted by molar-refractivity contribution is 6.15. The van der Waals surface area contributed by atoms with Gasteiger partial charge in [0.25, 0.3) is 11.9 Å². The molecule has 2 aromatic carbocycles. The molecule has 0 aliphatic carbocycles. The molecule has 0 saturated heterocycles. The van der Waals surface area contributed by atoms with Crippen molar-refractivity contribution in [2.75, 3.05) is 6.61 Å². The lowest BCUT2D eigenvalue weighted by molar-refractivity contribution is 0.262. The third-order valence-corrected chi connectivity index (χ3v) is 3.73. The number of aliphatic hydroxyl groups is 1. The Hall–Kier alpha value is -3.22. The lowest BCUT2D eigenvalue weighted by Crippen LogP contribution is -2.10. The number of allylic oxidation sites excluding steroid dienone is 1. The zero-order valence-electron chi connectivity index (χ0n) is 12.9. The molecule has 3 aromatic rings. The van der Waals surface area contributed by atoms with E-state index < -0.39 is 22.8 Å². The Bertz CT molecular complexity index is 1070. The number of hydrogen-bond acceptors (Lipinski definition) is 7. The lowest BCUT2D eigenvalue weighted by Gasteiger charge is -2.13. The second-order valence-electron chi connectivity index (χ2n) is 5.43. The summed E-state index contributed by atoms with van der Waals surface area (Å²) in [6.07, 6.45) is 1.41. The largest absolute Gasteiger partial charge is 0.513 e. The molecular formula is C17H14O7. The molecule has 0 amide bonds. The third-order valence-electron chi connectivity index (χ3n) is 3.73. The Morgan fingerprint density at radius 2 is 1.67 bits per heavy atom. The van der Waals surface area contributed by atoms with E-state index in [9.17, 15) is 24.9 Å². The zero-order valence-corrected chi connectivity index (χ0v) is 12.9. The standard InChI is InChI=1S/C17H14O7/c1-7-5-9(19)13-15-12(7)11(23-4-3-8(2)18)6-10(20)14(15)17(22)24-16(13)21/h3,5-6,18,21-22H,4H2,1-2H3/b8-3+. The summed E-state index contributed by atoms with van der Waals surface area (Å²) < 4.78 is 10.2. The molecule has 7 nitrogen and oxygen atoms in total. The molecule has 1 heterocycles. The molecule has 3 N–H and O–H groups in total. The molecule has 7 heteroatoms. The van der Waals surface area contributed by atoms with Crippen molar-refractivity contribution in [3.63, 3.8) is 0 Å². The van der Waals surface area contributed by atoms with Gasteiger partial charge in [-0.15, -0.1) is 0 Å². The Morgan fingerprint density at radius 1 is 1.08 bits per heavy atom. The molecular weight excluding hydrogens is 316 g/mol.